The van der Waals surface area contributed by atoms with Crippen molar-refractivity contribution in [3.63, 3.8) is 0 Å². The number of aromatic nitrogens is 3. The highest BCUT2D eigenvalue weighted by Crippen LogP contribution is 2.30. The monoisotopic (exact) mass is 230 g/mol. The van der Waals surface area contributed by atoms with Crippen LogP contribution >= 0.6 is 0 Å². The number of nitrogens with two attached hydrogens (primary N) is 1. The third kappa shape index (κ3) is 1.47. The van der Waals surface area contributed by atoms with Crippen LogP contribution in [0.25, 0.3) is 22.2 Å². The van der Waals surface area contributed by atoms with Gasteiger partial charge in [-0.3, -0.25) is 5.10 Å². The third-order valence-corrected chi connectivity index (χ3v) is 2.84. The molecule has 0 saturated heterocycles. The van der Waals surface area contributed by atoms with Crippen LogP contribution in [0.5, 0.6) is 0 Å². The van der Waals surface area contributed by atoms with Gasteiger partial charge in [-0.15, -0.1) is 0 Å². The van der Waals surface area contributed by atoms with Crippen molar-refractivity contribution in [2.24, 2.45) is 7.05 Å². The molecular formula is C12H11FN4. The Morgan fingerprint density at radius 1 is 1.35 bits per heavy atom. The maximum Gasteiger partial charge on any atom is 0.145 e. The summed E-state index contributed by atoms with van der Waals surface area (Å²) in [5.74, 6) is 0.172. The summed E-state index contributed by atoms with van der Waals surface area (Å²) < 4.78 is 15.2. The maximum atomic E-state index is 13.3. The maximum absolute atomic E-state index is 13.3. The first kappa shape index (κ1) is 9.89. The second-order valence-corrected chi connectivity index (χ2v) is 4.02. The lowest BCUT2D eigenvalue weighted by molar-refractivity contribution is 0.629. The molecule has 0 saturated carbocycles. The third-order valence-electron chi connectivity index (χ3n) is 2.84. The van der Waals surface area contributed by atoms with Crippen LogP contribution in [-0.4, -0.2) is 14.8 Å². The van der Waals surface area contributed by atoms with Crippen LogP contribution in [0.3, 0.4) is 0 Å². The SMILES string of the molecule is Cn1cc(-c2cc(N)n[nH]2)c2cc(F)ccc21. The Hall–Kier alpha value is -2.30. The minimum absolute atomic E-state index is 0.252. The van der Waals surface area contributed by atoms with Gasteiger partial charge in [0.15, 0.2) is 0 Å². The number of benzene rings is 1. The summed E-state index contributed by atoms with van der Waals surface area (Å²) in [4.78, 5) is 0. The number of nitrogen functional groups attached to an aromatic ring is 1. The van der Waals surface area contributed by atoms with Crippen LogP contribution in [0.2, 0.25) is 0 Å². The first-order valence-electron chi connectivity index (χ1n) is 5.21. The van der Waals surface area contributed by atoms with E-state index in [-0.39, 0.29) is 5.82 Å². The van der Waals surface area contributed by atoms with Crippen molar-refractivity contribution in [2.45, 2.75) is 0 Å². The van der Waals surface area contributed by atoms with E-state index in [1.54, 1.807) is 12.1 Å². The summed E-state index contributed by atoms with van der Waals surface area (Å²) >= 11 is 0. The smallest absolute Gasteiger partial charge is 0.145 e. The van der Waals surface area contributed by atoms with Gasteiger partial charge < -0.3 is 10.3 Å². The fourth-order valence-electron chi connectivity index (χ4n) is 2.05. The van der Waals surface area contributed by atoms with Gasteiger partial charge in [-0.05, 0) is 18.2 Å². The number of nitrogens with zero attached hydrogens (tertiary/aromatic N) is 2. The van der Waals surface area contributed by atoms with E-state index in [1.165, 1.54) is 12.1 Å². The van der Waals surface area contributed by atoms with Gasteiger partial charge in [0.05, 0.1) is 5.69 Å². The summed E-state index contributed by atoms with van der Waals surface area (Å²) in [7, 11) is 1.92. The summed E-state index contributed by atoms with van der Waals surface area (Å²) in [6.07, 6.45) is 1.93. The van der Waals surface area contributed by atoms with Crippen molar-refractivity contribution in [1.82, 2.24) is 14.8 Å². The van der Waals surface area contributed by atoms with Crippen molar-refractivity contribution >= 4 is 16.7 Å². The number of nitrogens with one attached hydrogen (secondary N) is 1. The molecule has 0 aliphatic rings. The Bertz CT molecular complexity index is 696. The molecule has 0 radical (unpaired) electrons. The quantitative estimate of drug-likeness (QED) is 0.673. The van der Waals surface area contributed by atoms with Gasteiger partial charge in [0.1, 0.15) is 11.6 Å². The summed E-state index contributed by atoms with van der Waals surface area (Å²) in [5, 5.41) is 7.56. The highest BCUT2D eigenvalue weighted by molar-refractivity contribution is 5.95. The number of anilines is 1. The zero-order valence-corrected chi connectivity index (χ0v) is 9.24. The van der Waals surface area contributed by atoms with E-state index in [1.807, 2.05) is 17.8 Å². The van der Waals surface area contributed by atoms with Crippen molar-refractivity contribution < 1.29 is 4.39 Å². The predicted molar refractivity (Wildman–Crippen MR) is 64.9 cm³/mol. The van der Waals surface area contributed by atoms with Gasteiger partial charge in [-0.2, -0.15) is 5.10 Å². The molecule has 0 aliphatic heterocycles. The van der Waals surface area contributed by atoms with Crippen LogP contribution in [0, 0.1) is 5.82 Å². The van der Waals surface area contributed by atoms with Crippen molar-refractivity contribution in [3.05, 3.63) is 36.3 Å². The average molecular weight is 230 g/mol. The van der Waals surface area contributed by atoms with Gasteiger partial charge in [-0.25, -0.2) is 4.39 Å². The van der Waals surface area contributed by atoms with E-state index in [4.69, 9.17) is 5.73 Å². The highest BCUT2D eigenvalue weighted by atomic mass is 19.1. The van der Waals surface area contributed by atoms with Crippen LogP contribution in [0.4, 0.5) is 10.2 Å². The first-order chi connectivity index (χ1) is 8.15. The van der Waals surface area contributed by atoms with Gasteiger partial charge in [-0.1, -0.05) is 0 Å². The van der Waals surface area contributed by atoms with E-state index >= 15 is 0 Å². The lowest BCUT2D eigenvalue weighted by Crippen LogP contribution is -1.83. The molecule has 3 rings (SSSR count). The molecule has 2 heterocycles. The number of H-pyrrole nitrogens is 1. The van der Waals surface area contributed by atoms with Crippen molar-refractivity contribution in [2.75, 3.05) is 5.73 Å². The van der Waals surface area contributed by atoms with Gasteiger partial charge in [0.2, 0.25) is 0 Å². The molecule has 0 spiro atoms. The summed E-state index contributed by atoms with van der Waals surface area (Å²) in [6, 6.07) is 6.46. The van der Waals surface area contributed by atoms with Crippen molar-refractivity contribution in [3.8, 4) is 11.3 Å². The Balaban J connectivity index is 2.33. The molecular weight excluding hydrogens is 219 g/mol. The van der Waals surface area contributed by atoms with Gasteiger partial charge in [0.25, 0.3) is 0 Å². The number of hydrogen-bond donors (Lipinski definition) is 2. The Morgan fingerprint density at radius 3 is 2.88 bits per heavy atom. The van der Waals surface area contributed by atoms with Crippen molar-refractivity contribution in [1.29, 1.82) is 0 Å². The Labute approximate surface area is 96.9 Å². The molecule has 5 heteroatoms. The molecule has 0 aliphatic carbocycles. The standard InChI is InChI=1S/C12H11FN4/c1-17-6-9(10-5-12(14)16-15-10)8-4-7(13)2-3-11(8)17/h2-6H,1H3,(H3,14,15,16). The van der Waals surface area contributed by atoms with Gasteiger partial charge >= 0.3 is 0 Å². The molecule has 0 atom stereocenters. The molecule has 0 fully saturated rings. The lowest BCUT2D eigenvalue weighted by atomic mass is 10.1. The molecule has 3 N–H and O–H groups in total. The number of aryl methyl sites for hydroxylation is 1. The zero-order valence-electron chi connectivity index (χ0n) is 9.24. The van der Waals surface area contributed by atoms with Crippen LogP contribution in [-0.2, 0) is 7.05 Å². The molecule has 0 unspecified atom stereocenters. The number of halogens is 1. The number of rotatable bonds is 1. The summed E-state index contributed by atoms with van der Waals surface area (Å²) in [5.41, 5.74) is 8.23. The molecule has 2 aromatic heterocycles. The minimum atomic E-state index is -0.252. The van der Waals surface area contributed by atoms with E-state index in [9.17, 15) is 4.39 Å². The molecule has 86 valence electrons. The topological polar surface area (TPSA) is 59.6 Å². The Morgan fingerprint density at radius 2 is 2.18 bits per heavy atom. The van der Waals surface area contributed by atoms with E-state index < -0.39 is 0 Å². The second-order valence-electron chi connectivity index (χ2n) is 4.02. The fraction of sp³-hybridized carbons (Fsp3) is 0.0833. The molecule has 4 nitrogen and oxygen atoms in total. The van der Waals surface area contributed by atoms with E-state index in [2.05, 4.69) is 10.2 Å². The predicted octanol–water partition coefficient (Wildman–Crippen LogP) is 2.29. The lowest BCUT2D eigenvalue weighted by Gasteiger charge is -1.95. The second kappa shape index (κ2) is 3.35. The molecule has 1 aromatic carbocycles. The largest absolute Gasteiger partial charge is 0.382 e. The fourth-order valence-corrected chi connectivity index (χ4v) is 2.05. The van der Waals surface area contributed by atoms with Crippen LogP contribution in [0.1, 0.15) is 0 Å². The Kier molecular flexibility index (Phi) is 1.95. The average Bonchev–Trinajstić information content (AvgIpc) is 2.83. The first-order valence-corrected chi connectivity index (χ1v) is 5.21. The number of fused-ring (bicyclic) bond motifs is 1. The van der Waals surface area contributed by atoms with E-state index in [0.29, 0.717) is 5.82 Å². The van der Waals surface area contributed by atoms with Gasteiger partial charge in [0, 0.05) is 35.8 Å². The van der Waals surface area contributed by atoms with Crippen LogP contribution < -0.4 is 5.73 Å². The number of aromatic amines is 1. The van der Waals surface area contributed by atoms with Crippen LogP contribution in [0.15, 0.2) is 30.5 Å². The normalized spacial score (nSPS) is 11.2. The molecule has 0 amide bonds. The zero-order chi connectivity index (χ0) is 12.0. The molecule has 3 aromatic rings. The summed E-state index contributed by atoms with van der Waals surface area (Å²) in [6.45, 7) is 0. The minimum Gasteiger partial charge on any atom is -0.382 e. The number of hydrogen-bond acceptors (Lipinski definition) is 2. The molecule has 0 bridgehead atoms. The molecule has 17 heavy (non-hydrogen) atoms. The highest BCUT2D eigenvalue weighted by Gasteiger charge is 2.11. The van der Waals surface area contributed by atoms with E-state index in [0.717, 1.165) is 22.2 Å².